The van der Waals surface area contributed by atoms with Crippen molar-refractivity contribution in [3.05, 3.63) is 35.4 Å². The van der Waals surface area contributed by atoms with Crippen LogP contribution in [-0.4, -0.2) is 30.1 Å². The molecule has 0 amide bonds. The molecule has 2 atom stereocenters. The molecule has 1 aliphatic rings. The molecule has 0 radical (unpaired) electrons. The number of hydrogen-bond acceptors (Lipinski definition) is 2. The summed E-state index contributed by atoms with van der Waals surface area (Å²) < 4.78 is 0. The molecule has 1 N–H and O–H groups in total. The lowest BCUT2D eigenvalue weighted by atomic mass is 10.0. The van der Waals surface area contributed by atoms with E-state index in [-0.39, 0.29) is 0 Å². The van der Waals surface area contributed by atoms with Gasteiger partial charge in [-0.2, -0.15) is 0 Å². The van der Waals surface area contributed by atoms with E-state index in [9.17, 15) is 0 Å². The largest absolute Gasteiger partial charge is 0.311 e. The Bertz CT molecular complexity index is 375. The third-order valence-electron chi connectivity index (χ3n) is 4.05. The summed E-state index contributed by atoms with van der Waals surface area (Å²) in [4.78, 5) is 2.62. The smallest absolute Gasteiger partial charge is 0.0240 e. The zero-order valence-electron chi connectivity index (χ0n) is 11.9. The first-order chi connectivity index (χ1) is 8.70. The van der Waals surface area contributed by atoms with Crippen molar-refractivity contribution in [1.29, 1.82) is 0 Å². The van der Waals surface area contributed by atoms with Gasteiger partial charge in [0, 0.05) is 31.7 Å². The average molecular weight is 246 g/mol. The first-order valence-electron chi connectivity index (χ1n) is 7.22. The molecule has 18 heavy (non-hydrogen) atoms. The van der Waals surface area contributed by atoms with Gasteiger partial charge in [0.25, 0.3) is 0 Å². The third-order valence-corrected chi connectivity index (χ3v) is 4.05. The van der Waals surface area contributed by atoms with Crippen LogP contribution in [0.5, 0.6) is 0 Å². The van der Waals surface area contributed by atoms with Crippen LogP contribution >= 0.6 is 0 Å². The Morgan fingerprint density at radius 2 is 2.11 bits per heavy atom. The maximum absolute atomic E-state index is 3.66. The summed E-state index contributed by atoms with van der Waals surface area (Å²) in [6, 6.07) is 10.1. The van der Waals surface area contributed by atoms with Crippen LogP contribution in [0.25, 0.3) is 0 Å². The predicted octanol–water partition coefficient (Wildman–Crippen LogP) is 2.96. The Morgan fingerprint density at radius 3 is 2.83 bits per heavy atom. The normalized spacial score (nSPS) is 25.3. The number of hydrogen-bond donors (Lipinski definition) is 1. The minimum atomic E-state index is 0.637. The SMILES string of the molecule is CCCC1CN(Cc2ccccc2C)C(C)CN1. The Labute approximate surface area is 111 Å². The Hall–Kier alpha value is -0.860. The number of nitrogens with one attached hydrogen (secondary N) is 1. The molecular weight excluding hydrogens is 220 g/mol. The van der Waals surface area contributed by atoms with E-state index in [1.807, 2.05) is 0 Å². The van der Waals surface area contributed by atoms with Gasteiger partial charge in [0.1, 0.15) is 0 Å². The second kappa shape index (κ2) is 6.35. The number of nitrogens with zero attached hydrogens (tertiary/aromatic N) is 1. The second-order valence-electron chi connectivity index (χ2n) is 5.60. The highest BCUT2D eigenvalue weighted by molar-refractivity contribution is 5.25. The summed E-state index contributed by atoms with van der Waals surface area (Å²) in [6.45, 7) is 10.2. The second-order valence-corrected chi connectivity index (χ2v) is 5.60. The van der Waals surface area contributed by atoms with E-state index in [1.54, 1.807) is 0 Å². The van der Waals surface area contributed by atoms with Gasteiger partial charge in [0.15, 0.2) is 0 Å². The zero-order chi connectivity index (χ0) is 13.0. The molecule has 0 aromatic heterocycles. The van der Waals surface area contributed by atoms with Gasteiger partial charge < -0.3 is 5.32 Å². The molecule has 0 bridgehead atoms. The molecule has 2 unspecified atom stereocenters. The Balaban J connectivity index is 2.00. The van der Waals surface area contributed by atoms with Crippen molar-refractivity contribution >= 4 is 0 Å². The fourth-order valence-electron chi connectivity index (χ4n) is 2.76. The van der Waals surface area contributed by atoms with Crippen LogP contribution in [0, 0.1) is 6.92 Å². The van der Waals surface area contributed by atoms with Crippen molar-refractivity contribution in [2.75, 3.05) is 13.1 Å². The maximum Gasteiger partial charge on any atom is 0.0240 e. The summed E-state index contributed by atoms with van der Waals surface area (Å²) in [5.74, 6) is 0. The van der Waals surface area contributed by atoms with Crippen LogP contribution in [0.2, 0.25) is 0 Å². The molecule has 0 saturated carbocycles. The van der Waals surface area contributed by atoms with Crippen molar-refractivity contribution in [2.45, 2.75) is 52.2 Å². The van der Waals surface area contributed by atoms with Crippen LogP contribution in [0.15, 0.2) is 24.3 Å². The molecular formula is C16H26N2. The molecule has 1 aliphatic heterocycles. The quantitative estimate of drug-likeness (QED) is 0.878. The molecule has 1 aromatic carbocycles. The summed E-state index contributed by atoms with van der Waals surface area (Å²) >= 11 is 0. The molecule has 1 heterocycles. The minimum absolute atomic E-state index is 0.637. The third kappa shape index (κ3) is 3.33. The number of rotatable bonds is 4. The Morgan fingerprint density at radius 1 is 1.33 bits per heavy atom. The van der Waals surface area contributed by atoms with E-state index in [1.165, 1.54) is 30.5 Å². The van der Waals surface area contributed by atoms with Crippen molar-refractivity contribution in [3.63, 3.8) is 0 Å². The van der Waals surface area contributed by atoms with Gasteiger partial charge >= 0.3 is 0 Å². The van der Waals surface area contributed by atoms with Gasteiger partial charge in [0.05, 0.1) is 0 Å². The molecule has 1 saturated heterocycles. The lowest BCUT2D eigenvalue weighted by Gasteiger charge is -2.39. The van der Waals surface area contributed by atoms with Gasteiger partial charge in [-0.1, -0.05) is 37.6 Å². The minimum Gasteiger partial charge on any atom is -0.311 e. The van der Waals surface area contributed by atoms with Gasteiger partial charge in [0.2, 0.25) is 0 Å². The van der Waals surface area contributed by atoms with E-state index in [0.29, 0.717) is 12.1 Å². The van der Waals surface area contributed by atoms with Crippen molar-refractivity contribution in [1.82, 2.24) is 10.2 Å². The summed E-state index contributed by atoms with van der Waals surface area (Å²) in [5.41, 5.74) is 2.89. The summed E-state index contributed by atoms with van der Waals surface area (Å²) in [6.07, 6.45) is 2.56. The van der Waals surface area contributed by atoms with E-state index in [4.69, 9.17) is 0 Å². The topological polar surface area (TPSA) is 15.3 Å². The molecule has 2 nitrogen and oxygen atoms in total. The van der Waals surface area contributed by atoms with Crippen molar-refractivity contribution < 1.29 is 0 Å². The molecule has 1 aromatic rings. The average Bonchev–Trinajstić information content (AvgIpc) is 2.36. The lowest BCUT2D eigenvalue weighted by Crippen LogP contribution is -2.54. The van der Waals surface area contributed by atoms with E-state index in [0.717, 1.165) is 13.1 Å². The number of aryl methyl sites for hydroxylation is 1. The molecule has 0 aliphatic carbocycles. The zero-order valence-corrected chi connectivity index (χ0v) is 11.9. The molecule has 100 valence electrons. The van der Waals surface area contributed by atoms with E-state index in [2.05, 4.69) is 55.3 Å². The standard InChI is InChI=1S/C16H26N2/c1-4-7-16-12-18(14(3)10-17-16)11-15-9-6-5-8-13(15)2/h5-6,8-9,14,16-17H,4,7,10-12H2,1-3H3. The fraction of sp³-hybridized carbons (Fsp3) is 0.625. The summed E-state index contributed by atoms with van der Waals surface area (Å²) in [5, 5.41) is 3.66. The van der Waals surface area contributed by atoms with E-state index >= 15 is 0 Å². The van der Waals surface area contributed by atoms with E-state index < -0.39 is 0 Å². The van der Waals surface area contributed by atoms with Crippen molar-refractivity contribution in [3.8, 4) is 0 Å². The van der Waals surface area contributed by atoms with Gasteiger partial charge in [-0.05, 0) is 31.4 Å². The first kappa shape index (κ1) is 13.6. The van der Waals surface area contributed by atoms with Crippen LogP contribution in [0.4, 0.5) is 0 Å². The predicted molar refractivity (Wildman–Crippen MR) is 77.7 cm³/mol. The molecule has 1 fully saturated rings. The first-order valence-corrected chi connectivity index (χ1v) is 7.22. The van der Waals surface area contributed by atoms with Gasteiger partial charge in [-0.3, -0.25) is 4.90 Å². The monoisotopic (exact) mass is 246 g/mol. The molecule has 2 rings (SSSR count). The van der Waals surface area contributed by atoms with Gasteiger partial charge in [-0.15, -0.1) is 0 Å². The number of benzene rings is 1. The van der Waals surface area contributed by atoms with Crippen molar-refractivity contribution in [2.24, 2.45) is 0 Å². The van der Waals surface area contributed by atoms with Crippen LogP contribution < -0.4 is 5.32 Å². The molecule has 2 heteroatoms. The van der Waals surface area contributed by atoms with Crippen LogP contribution in [0.3, 0.4) is 0 Å². The Kier molecular flexibility index (Phi) is 4.79. The highest BCUT2D eigenvalue weighted by Crippen LogP contribution is 2.16. The highest BCUT2D eigenvalue weighted by Gasteiger charge is 2.24. The lowest BCUT2D eigenvalue weighted by molar-refractivity contribution is 0.129. The highest BCUT2D eigenvalue weighted by atomic mass is 15.2. The fourth-order valence-corrected chi connectivity index (χ4v) is 2.76. The van der Waals surface area contributed by atoms with Crippen LogP contribution in [0.1, 0.15) is 37.8 Å². The summed E-state index contributed by atoms with van der Waals surface area (Å²) in [7, 11) is 0. The maximum atomic E-state index is 3.66. The number of piperazine rings is 1. The molecule has 0 spiro atoms. The van der Waals surface area contributed by atoms with Crippen LogP contribution in [-0.2, 0) is 6.54 Å². The van der Waals surface area contributed by atoms with Gasteiger partial charge in [-0.25, -0.2) is 0 Å².